The zero-order valence-corrected chi connectivity index (χ0v) is 30.6. The minimum Gasteiger partial charge on any atom is -0.457 e. The summed E-state index contributed by atoms with van der Waals surface area (Å²) in [6, 6.07) is 18.7. The van der Waals surface area contributed by atoms with Crippen molar-refractivity contribution in [3.05, 3.63) is 60.7 Å². The summed E-state index contributed by atoms with van der Waals surface area (Å²) in [5.41, 5.74) is 2.27. The van der Waals surface area contributed by atoms with Gasteiger partial charge in [0.2, 0.25) is 0 Å². The summed E-state index contributed by atoms with van der Waals surface area (Å²) in [6.07, 6.45) is 0. The molecule has 0 unspecified atom stereocenters. The number of benzene rings is 6. The maximum absolute atomic E-state index is 7.19. The van der Waals surface area contributed by atoms with Gasteiger partial charge in [0, 0.05) is 44.2 Å². The molecule has 6 aromatic carbocycles. The van der Waals surface area contributed by atoms with Crippen molar-refractivity contribution in [1.82, 2.24) is 19.5 Å². The number of hydrogen-bond acceptors (Lipinski definition) is 4. The van der Waals surface area contributed by atoms with E-state index in [2.05, 4.69) is 0 Å². The highest BCUT2D eigenvalue weighted by molar-refractivity contribution is 6.72. The Morgan fingerprint density at radius 2 is 0.741 bits per heavy atom. The van der Waals surface area contributed by atoms with E-state index < -0.39 is 0 Å². The number of nitrogens with zero attached hydrogens (tertiary/aromatic N) is 4. The van der Waals surface area contributed by atoms with Crippen LogP contribution in [0, 0.1) is 0 Å². The largest absolute Gasteiger partial charge is 0.457 e. The highest BCUT2D eigenvalue weighted by atomic mass is 16.3. The van der Waals surface area contributed by atoms with Gasteiger partial charge in [-0.25, -0.2) is 15.0 Å². The van der Waals surface area contributed by atoms with Gasteiger partial charge in [-0.2, -0.15) is 0 Å². The van der Waals surface area contributed by atoms with Gasteiger partial charge >= 0.3 is 0 Å². The molecule has 0 spiro atoms. The van der Waals surface area contributed by atoms with E-state index in [1.165, 1.54) is 4.57 Å². The van der Waals surface area contributed by atoms with E-state index in [1.807, 2.05) is 60.7 Å². The standard InChI is InChI=1S/C39H10B14N4O/c40-18-15-16-22(44)34(57-32-13(19(41)23(45)25(47)27(32)49)14-20(42)24(46)26(48)28(50)33(14)57)29(51)31(53)36(16)58-35(15)30(52)21(43)17(18)39-55-37(11-7-3-1-4-8-11)54-38(56-39)12-9-5-2-6-10-12/h1-10H. The lowest BCUT2D eigenvalue weighted by molar-refractivity contribution is 0.675. The fourth-order valence-electron chi connectivity index (χ4n) is 7.70. The first-order valence-corrected chi connectivity index (χ1v) is 17.5. The van der Waals surface area contributed by atoms with Gasteiger partial charge in [-0.3, -0.25) is 0 Å². The van der Waals surface area contributed by atoms with Crippen LogP contribution in [0.3, 0.4) is 0 Å². The van der Waals surface area contributed by atoms with E-state index in [9.17, 15) is 0 Å². The quantitative estimate of drug-likeness (QED) is 0.172. The molecule has 3 heterocycles. The first-order valence-electron chi connectivity index (χ1n) is 17.5. The third kappa shape index (κ3) is 5.27. The molecular weight excluding hydrogens is 692 g/mol. The predicted molar refractivity (Wildman–Crippen MR) is 253 cm³/mol. The molecule has 0 aliphatic carbocycles. The molecule has 0 aliphatic rings. The van der Waals surface area contributed by atoms with Gasteiger partial charge in [-0.05, 0) is 10.8 Å². The number of furan rings is 1. The van der Waals surface area contributed by atoms with Gasteiger partial charge in [-0.1, -0.05) is 115 Å². The zero-order valence-electron chi connectivity index (χ0n) is 30.6. The Morgan fingerprint density at radius 1 is 0.345 bits per heavy atom. The zero-order chi connectivity index (χ0) is 41.2. The highest BCUT2D eigenvalue weighted by Gasteiger charge is 2.28. The molecular formula is C39H10B14N4O. The maximum Gasteiger partial charge on any atom is 0.164 e. The lowest BCUT2D eigenvalue weighted by Gasteiger charge is -2.23. The summed E-state index contributed by atoms with van der Waals surface area (Å²) in [6.45, 7) is 0. The van der Waals surface area contributed by atoms with Crippen LogP contribution in [0.25, 0.3) is 83.6 Å². The van der Waals surface area contributed by atoms with Crippen LogP contribution in [0.2, 0.25) is 0 Å². The molecule has 19 heteroatoms. The molecule has 0 bridgehead atoms. The average Bonchev–Trinajstić information content (AvgIpc) is 3.81. The predicted octanol–water partition coefficient (Wildman–Crippen LogP) is -7.02. The minimum atomic E-state index is -0.0626. The molecule has 9 rings (SSSR count). The molecule has 0 saturated carbocycles. The molecule has 0 N–H and O–H groups in total. The highest BCUT2D eigenvalue weighted by Crippen LogP contribution is 2.31. The number of fused-ring (bicyclic) bond motifs is 6. The first kappa shape index (κ1) is 38.4. The fraction of sp³-hybridized carbons (Fsp3) is 0. The monoisotopic (exact) mass is 704 g/mol. The molecule has 28 radical (unpaired) electrons. The average molecular weight is 702 g/mol. The van der Waals surface area contributed by atoms with Crippen molar-refractivity contribution in [2.45, 2.75) is 0 Å². The van der Waals surface area contributed by atoms with Crippen LogP contribution in [0.4, 0.5) is 0 Å². The van der Waals surface area contributed by atoms with Gasteiger partial charge in [0.1, 0.15) is 121 Å². The van der Waals surface area contributed by atoms with Crippen molar-refractivity contribution >= 4 is 230 Å². The van der Waals surface area contributed by atoms with E-state index in [0.717, 1.165) is 11.1 Å². The maximum atomic E-state index is 7.19. The van der Waals surface area contributed by atoms with Gasteiger partial charge in [-0.15, -0.1) is 21.9 Å². The van der Waals surface area contributed by atoms with Crippen molar-refractivity contribution in [3.63, 3.8) is 0 Å². The third-order valence-electron chi connectivity index (χ3n) is 10.7. The van der Waals surface area contributed by atoms with Crippen LogP contribution in [-0.4, -0.2) is 129 Å². The summed E-state index contributed by atoms with van der Waals surface area (Å²) in [5, 5.41) is 0.976. The second-order valence-electron chi connectivity index (χ2n) is 13.8. The topological polar surface area (TPSA) is 56.7 Å². The lowest BCUT2D eigenvalue weighted by atomic mass is 9.63. The van der Waals surface area contributed by atoms with Crippen molar-refractivity contribution in [2.24, 2.45) is 0 Å². The first-order chi connectivity index (χ1) is 27.6. The van der Waals surface area contributed by atoms with E-state index in [-0.39, 0.29) is 137 Å². The Morgan fingerprint density at radius 3 is 1.21 bits per heavy atom. The Kier molecular flexibility index (Phi) is 9.07. The molecule has 0 saturated heterocycles. The molecule has 234 valence electrons. The molecule has 0 amide bonds. The second-order valence-corrected chi connectivity index (χ2v) is 13.8. The Bertz CT molecular complexity index is 3140. The normalized spacial score (nSPS) is 11.7. The summed E-state index contributed by atoms with van der Waals surface area (Å²) >= 11 is 0. The van der Waals surface area contributed by atoms with Crippen molar-refractivity contribution in [2.75, 3.05) is 0 Å². The molecule has 0 aliphatic heterocycles. The van der Waals surface area contributed by atoms with Gasteiger partial charge < -0.3 is 8.98 Å². The number of aromatic nitrogens is 4. The Labute approximate surface area is 352 Å². The van der Waals surface area contributed by atoms with E-state index in [0.29, 0.717) is 11.6 Å². The van der Waals surface area contributed by atoms with E-state index in [4.69, 9.17) is 129 Å². The lowest BCUT2D eigenvalue weighted by Crippen LogP contribution is -2.49. The van der Waals surface area contributed by atoms with Crippen LogP contribution in [-0.2, 0) is 0 Å². The Balaban J connectivity index is 1.44. The SMILES string of the molecule is [B]c1c(-c2nc(-c3ccccc3)nc(-c3ccccc3)n2)c([B])c2c(oc3c([B])c([B])c(-n4c5c([B])c([B])c([B])c([B])c5c5c([B])c([B])c([B])c([B])c54)c([B])c32)c1[B]. The molecule has 5 nitrogen and oxygen atoms in total. The van der Waals surface area contributed by atoms with Crippen LogP contribution in [0.1, 0.15) is 0 Å². The van der Waals surface area contributed by atoms with Gasteiger partial charge in [0.25, 0.3) is 0 Å². The molecule has 0 atom stereocenters. The van der Waals surface area contributed by atoms with Crippen molar-refractivity contribution in [1.29, 1.82) is 0 Å². The van der Waals surface area contributed by atoms with Crippen molar-refractivity contribution in [3.8, 4) is 39.9 Å². The van der Waals surface area contributed by atoms with E-state index in [1.54, 1.807) is 0 Å². The molecule has 9 aromatic rings. The second kappa shape index (κ2) is 13.7. The summed E-state index contributed by atoms with van der Waals surface area (Å²) < 4.78 is 7.84. The summed E-state index contributed by atoms with van der Waals surface area (Å²) in [5.74, 6) is 0.846. The number of rotatable bonds is 4. The fourth-order valence-corrected chi connectivity index (χ4v) is 7.70. The van der Waals surface area contributed by atoms with Crippen LogP contribution in [0.15, 0.2) is 65.1 Å². The van der Waals surface area contributed by atoms with E-state index >= 15 is 0 Å². The van der Waals surface area contributed by atoms with Crippen LogP contribution < -0.4 is 76.5 Å². The summed E-state index contributed by atoms with van der Waals surface area (Å²) in [4.78, 5) is 14.5. The summed E-state index contributed by atoms with van der Waals surface area (Å²) in [7, 11) is 93.7. The van der Waals surface area contributed by atoms with Gasteiger partial charge in [0.15, 0.2) is 17.5 Å². The smallest absolute Gasteiger partial charge is 0.164 e. The van der Waals surface area contributed by atoms with Gasteiger partial charge in [0.05, 0.1) is 0 Å². The van der Waals surface area contributed by atoms with Crippen LogP contribution >= 0.6 is 0 Å². The van der Waals surface area contributed by atoms with Crippen LogP contribution in [0.5, 0.6) is 0 Å². The molecule has 3 aromatic heterocycles. The molecule has 0 fully saturated rings. The molecule has 58 heavy (non-hydrogen) atoms. The number of hydrogen-bond donors (Lipinski definition) is 0. The van der Waals surface area contributed by atoms with Crippen molar-refractivity contribution < 1.29 is 4.42 Å². The minimum absolute atomic E-state index is 0.000424. The Hall–Kier alpha value is -5.16. The third-order valence-corrected chi connectivity index (χ3v) is 10.7.